The van der Waals surface area contributed by atoms with Crippen LogP contribution in [0.25, 0.3) is 0 Å². The van der Waals surface area contributed by atoms with Gasteiger partial charge in [-0.05, 0) is 20.8 Å². The van der Waals surface area contributed by atoms with Crippen molar-refractivity contribution in [2.45, 2.75) is 32.4 Å². The van der Waals surface area contributed by atoms with Gasteiger partial charge < -0.3 is 5.73 Å². The molecule has 0 fully saturated rings. The zero-order valence-corrected chi connectivity index (χ0v) is 9.39. The normalized spacial score (nSPS) is 13.9. The van der Waals surface area contributed by atoms with E-state index in [-0.39, 0.29) is 11.9 Å². The molecule has 4 nitrogen and oxygen atoms in total. The highest BCUT2D eigenvalue weighted by Crippen LogP contribution is 2.17. The molecule has 0 aliphatic rings. The quantitative estimate of drug-likeness (QED) is 0.785. The fourth-order valence-corrected chi connectivity index (χ4v) is 1.77. The maximum atomic E-state index is 11.1. The van der Waals surface area contributed by atoms with Crippen LogP contribution < -0.4 is 11.1 Å². The zero-order chi connectivity index (χ0) is 10.8. The Labute approximate surface area is 87.5 Å². The van der Waals surface area contributed by atoms with Crippen LogP contribution in [-0.2, 0) is 4.79 Å². The molecule has 0 saturated carbocycles. The molecular weight excluding hydrogens is 198 g/mol. The van der Waals surface area contributed by atoms with Crippen LogP contribution in [0.1, 0.15) is 31.8 Å². The predicted octanol–water partition coefficient (Wildman–Crippen LogP) is 1.06. The summed E-state index contributed by atoms with van der Waals surface area (Å²) in [6.45, 7) is 5.49. The van der Waals surface area contributed by atoms with Crippen LogP contribution in [-0.4, -0.2) is 16.4 Å². The number of carbonyl (C=O) groups excluding carboxylic acids is 1. The van der Waals surface area contributed by atoms with Crippen molar-refractivity contribution in [1.82, 2.24) is 10.3 Å². The van der Waals surface area contributed by atoms with E-state index in [4.69, 9.17) is 5.73 Å². The summed E-state index contributed by atoms with van der Waals surface area (Å²) in [5.41, 5.74) is 4.55. The van der Waals surface area contributed by atoms with Crippen LogP contribution in [0.4, 0.5) is 0 Å². The summed E-state index contributed by atoms with van der Waals surface area (Å²) >= 11 is 1.56. The largest absolute Gasteiger partial charge is 0.368 e. The Morgan fingerprint density at radius 2 is 2.36 bits per heavy atom. The minimum Gasteiger partial charge on any atom is -0.368 e. The smallest absolute Gasteiger partial charge is 0.237 e. The van der Waals surface area contributed by atoms with E-state index in [0.717, 1.165) is 5.01 Å². The molecule has 1 unspecified atom stereocenters. The predicted molar refractivity (Wildman–Crippen MR) is 56.9 cm³/mol. The molecule has 1 aromatic heterocycles. The lowest BCUT2D eigenvalue weighted by Crippen LogP contribution is -2.51. The van der Waals surface area contributed by atoms with Crippen LogP contribution in [0.15, 0.2) is 11.6 Å². The van der Waals surface area contributed by atoms with Crippen LogP contribution in [0.2, 0.25) is 0 Å². The Balaban J connectivity index is 2.66. The fraction of sp³-hybridized carbons (Fsp3) is 0.556. The molecule has 78 valence electrons. The van der Waals surface area contributed by atoms with Crippen molar-refractivity contribution < 1.29 is 4.79 Å². The number of aromatic nitrogens is 1. The first-order chi connectivity index (χ1) is 6.43. The number of nitrogens with one attached hydrogen (secondary N) is 1. The Morgan fingerprint density at radius 1 is 1.71 bits per heavy atom. The molecule has 1 atom stereocenters. The topological polar surface area (TPSA) is 68.0 Å². The van der Waals surface area contributed by atoms with Crippen molar-refractivity contribution >= 4 is 17.2 Å². The first kappa shape index (κ1) is 11.1. The van der Waals surface area contributed by atoms with Gasteiger partial charge in [-0.3, -0.25) is 10.1 Å². The van der Waals surface area contributed by atoms with Crippen LogP contribution in [0.5, 0.6) is 0 Å². The van der Waals surface area contributed by atoms with E-state index >= 15 is 0 Å². The molecule has 0 saturated heterocycles. The molecule has 5 heteroatoms. The number of primary amides is 1. The first-order valence-corrected chi connectivity index (χ1v) is 5.28. The van der Waals surface area contributed by atoms with Gasteiger partial charge in [-0.15, -0.1) is 11.3 Å². The summed E-state index contributed by atoms with van der Waals surface area (Å²) in [6, 6.07) is 0.0394. The summed E-state index contributed by atoms with van der Waals surface area (Å²) in [7, 11) is 0. The van der Waals surface area contributed by atoms with Gasteiger partial charge in [0, 0.05) is 11.6 Å². The molecule has 0 aromatic carbocycles. The summed E-state index contributed by atoms with van der Waals surface area (Å²) in [5, 5.41) is 6.00. The SMILES string of the molecule is CC(NC(C)(C)C(N)=O)c1nccs1. The van der Waals surface area contributed by atoms with E-state index in [9.17, 15) is 4.79 Å². The Bertz CT molecular complexity index is 308. The zero-order valence-electron chi connectivity index (χ0n) is 8.57. The first-order valence-electron chi connectivity index (χ1n) is 4.40. The highest BCUT2D eigenvalue weighted by atomic mass is 32.1. The molecular formula is C9H15N3OS. The Kier molecular flexibility index (Phi) is 3.23. The van der Waals surface area contributed by atoms with Gasteiger partial charge in [0.25, 0.3) is 0 Å². The van der Waals surface area contributed by atoms with Gasteiger partial charge in [0.05, 0.1) is 11.6 Å². The maximum Gasteiger partial charge on any atom is 0.237 e. The van der Waals surface area contributed by atoms with Gasteiger partial charge in [-0.25, -0.2) is 4.98 Å². The molecule has 1 aromatic rings. The highest BCUT2D eigenvalue weighted by molar-refractivity contribution is 7.09. The third kappa shape index (κ3) is 2.52. The van der Waals surface area contributed by atoms with Gasteiger partial charge in [-0.2, -0.15) is 0 Å². The molecule has 1 rings (SSSR count). The van der Waals surface area contributed by atoms with Crippen molar-refractivity contribution in [3.63, 3.8) is 0 Å². The minimum absolute atomic E-state index is 0.0394. The monoisotopic (exact) mass is 213 g/mol. The minimum atomic E-state index is -0.703. The van der Waals surface area contributed by atoms with Gasteiger partial charge in [-0.1, -0.05) is 0 Å². The van der Waals surface area contributed by atoms with E-state index in [2.05, 4.69) is 10.3 Å². The maximum absolute atomic E-state index is 11.1. The van der Waals surface area contributed by atoms with E-state index in [1.165, 1.54) is 0 Å². The average molecular weight is 213 g/mol. The van der Waals surface area contributed by atoms with E-state index in [0.29, 0.717) is 0 Å². The van der Waals surface area contributed by atoms with Crippen molar-refractivity contribution in [3.05, 3.63) is 16.6 Å². The van der Waals surface area contributed by atoms with E-state index in [1.54, 1.807) is 31.4 Å². The van der Waals surface area contributed by atoms with Crippen molar-refractivity contribution in [3.8, 4) is 0 Å². The Morgan fingerprint density at radius 3 is 2.79 bits per heavy atom. The molecule has 0 spiro atoms. The number of nitrogens with zero attached hydrogens (tertiary/aromatic N) is 1. The molecule has 1 amide bonds. The number of hydrogen-bond acceptors (Lipinski definition) is 4. The lowest BCUT2D eigenvalue weighted by Gasteiger charge is -2.25. The average Bonchev–Trinajstić information content (AvgIpc) is 2.54. The Hall–Kier alpha value is -0.940. The van der Waals surface area contributed by atoms with Crippen LogP contribution in [0.3, 0.4) is 0 Å². The van der Waals surface area contributed by atoms with Gasteiger partial charge in [0.15, 0.2) is 0 Å². The van der Waals surface area contributed by atoms with Crippen molar-refractivity contribution in [2.75, 3.05) is 0 Å². The summed E-state index contributed by atoms with van der Waals surface area (Å²) < 4.78 is 0. The summed E-state index contributed by atoms with van der Waals surface area (Å²) in [6.07, 6.45) is 1.75. The second-order valence-corrected chi connectivity index (χ2v) is 4.65. The number of amides is 1. The number of hydrogen-bond donors (Lipinski definition) is 2. The molecule has 0 radical (unpaired) electrons. The summed E-state index contributed by atoms with van der Waals surface area (Å²) in [4.78, 5) is 15.2. The van der Waals surface area contributed by atoms with Crippen LogP contribution >= 0.6 is 11.3 Å². The number of nitrogens with two attached hydrogens (primary N) is 1. The van der Waals surface area contributed by atoms with E-state index < -0.39 is 5.54 Å². The van der Waals surface area contributed by atoms with Crippen molar-refractivity contribution in [1.29, 1.82) is 0 Å². The molecule has 0 aliphatic carbocycles. The second kappa shape index (κ2) is 4.06. The lowest BCUT2D eigenvalue weighted by atomic mass is 10.0. The van der Waals surface area contributed by atoms with Crippen LogP contribution in [0, 0.1) is 0 Å². The molecule has 0 bridgehead atoms. The highest BCUT2D eigenvalue weighted by Gasteiger charge is 2.27. The molecule has 0 aliphatic heterocycles. The number of carbonyl (C=O) groups is 1. The van der Waals surface area contributed by atoms with Crippen molar-refractivity contribution in [2.24, 2.45) is 5.73 Å². The number of thiazole rings is 1. The second-order valence-electron chi connectivity index (χ2n) is 3.73. The van der Waals surface area contributed by atoms with Gasteiger partial charge in [0.2, 0.25) is 5.91 Å². The standard InChI is InChI=1S/C9H15N3OS/c1-6(7-11-4-5-14-7)12-9(2,3)8(10)13/h4-6,12H,1-3H3,(H2,10,13). The lowest BCUT2D eigenvalue weighted by molar-refractivity contribution is -0.123. The van der Waals surface area contributed by atoms with Gasteiger partial charge in [0.1, 0.15) is 5.01 Å². The molecule has 14 heavy (non-hydrogen) atoms. The summed E-state index contributed by atoms with van der Waals surface area (Å²) in [5.74, 6) is -0.360. The number of rotatable bonds is 4. The van der Waals surface area contributed by atoms with E-state index in [1.807, 2.05) is 12.3 Å². The fourth-order valence-electron chi connectivity index (χ4n) is 1.12. The third-order valence-corrected chi connectivity index (χ3v) is 2.97. The molecule has 1 heterocycles. The third-order valence-electron chi connectivity index (χ3n) is 2.02. The molecule has 3 N–H and O–H groups in total. The van der Waals surface area contributed by atoms with Gasteiger partial charge >= 0.3 is 0 Å².